The number of amides is 4. The summed E-state index contributed by atoms with van der Waals surface area (Å²) in [5.41, 5.74) is 14.6. The molecular formula is C77H81FN20O16. The zero-order chi connectivity index (χ0) is 81.7. The largest absolute Gasteiger partial charge is 0.483 e. The molecular weight excluding hydrogens is 1480 g/mol. The van der Waals surface area contributed by atoms with E-state index in [0.717, 1.165) is 11.8 Å². The Labute approximate surface area is 651 Å². The van der Waals surface area contributed by atoms with Gasteiger partial charge >= 0.3 is 0 Å². The van der Waals surface area contributed by atoms with Crippen molar-refractivity contribution < 1.29 is 81.7 Å². The highest BCUT2D eigenvalue weighted by Gasteiger charge is 2.22. The van der Waals surface area contributed by atoms with Gasteiger partial charge in [-0.2, -0.15) is 15.3 Å². The number of hydrogen-bond acceptors (Lipinski definition) is 26. The van der Waals surface area contributed by atoms with E-state index >= 15 is 0 Å². The van der Waals surface area contributed by atoms with Crippen molar-refractivity contribution in [2.24, 2.45) is 0 Å². The van der Waals surface area contributed by atoms with Gasteiger partial charge in [0.15, 0.2) is 5.82 Å². The average Bonchev–Trinajstić information content (AvgIpc) is 1.61. The second-order valence-corrected chi connectivity index (χ2v) is 22.8. The number of methoxy groups -OCH3 is 3. The number of ether oxygens (including phenoxy) is 6. The van der Waals surface area contributed by atoms with Crippen LogP contribution in [-0.4, -0.2) is 213 Å². The number of carboxylic acid groups (broad SMARTS) is 3. The van der Waals surface area contributed by atoms with Crippen molar-refractivity contribution in [1.82, 2.24) is 74.2 Å². The van der Waals surface area contributed by atoms with Crippen molar-refractivity contribution in [3.8, 4) is 67.9 Å². The Kier molecular flexibility index (Phi) is 36.9. The fourth-order valence-electron chi connectivity index (χ4n) is 9.82. The van der Waals surface area contributed by atoms with Crippen molar-refractivity contribution in [3.05, 3.63) is 224 Å². The molecule has 0 unspecified atom stereocenters. The second-order valence-electron chi connectivity index (χ2n) is 22.8. The first-order valence-corrected chi connectivity index (χ1v) is 34.4. The van der Waals surface area contributed by atoms with Crippen LogP contribution in [0.2, 0.25) is 0 Å². The van der Waals surface area contributed by atoms with Gasteiger partial charge in [0.1, 0.15) is 45.8 Å². The summed E-state index contributed by atoms with van der Waals surface area (Å²) in [6.45, 7) is 6.50. The monoisotopic (exact) mass is 1560 g/mol. The number of halogens is 1. The van der Waals surface area contributed by atoms with Gasteiger partial charge in [0.05, 0.1) is 137 Å². The number of nitrogens with one attached hydrogen (secondary N) is 4. The van der Waals surface area contributed by atoms with E-state index in [4.69, 9.17) is 63.9 Å². The topological polar surface area (TPSA) is 479 Å². The van der Waals surface area contributed by atoms with Crippen LogP contribution in [0.4, 0.5) is 33.1 Å². The Morgan fingerprint density at radius 1 is 0.421 bits per heavy atom. The third-order valence-corrected chi connectivity index (χ3v) is 14.9. The molecule has 12 rings (SSSR count). The van der Waals surface area contributed by atoms with Crippen molar-refractivity contribution in [1.29, 1.82) is 0 Å². The van der Waals surface area contributed by atoms with Crippen molar-refractivity contribution in [2.75, 3.05) is 108 Å². The molecule has 0 aliphatic rings. The minimum atomic E-state index is -0.515. The second kappa shape index (κ2) is 48.3. The van der Waals surface area contributed by atoms with Crippen LogP contribution >= 0.6 is 0 Å². The minimum Gasteiger partial charge on any atom is -0.483 e. The summed E-state index contributed by atoms with van der Waals surface area (Å²) in [6, 6.07) is 40.2. The molecule has 0 bridgehead atoms. The molecule has 12 aromatic rings. The lowest BCUT2D eigenvalue weighted by Gasteiger charge is -2.07. The van der Waals surface area contributed by atoms with E-state index < -0.39 is 17.6 Å². The summed E-state index contributed by atoms with van der Waals surface area (Å²) in [5, 5.41) is 45.8. The molecule has 0 radical (unpaired) electrons. The van der Waals surface area contributed by atoms with E-state index in [1.165, 1.54) is 19.2 Å². The van der Waals surface area contributed by atoms with Crippen LogP contribution < -0.4 is 27.0 Å². The molecule has 0 spiro atoms. The normalized spacial score (nSPS) is 10.3. The van der Waals surface area contributed by atoms with Gasteiger partial charge in [-0.05, 0) is 103 Å². The summed E-state index contributed by atoms with van der Waals surface area (Å²) >= 11 is 0. The van der Waals surface area contributed by atoms with Crippen LogP contribution in [0.15, 0.2) is 201 Å². The average molecular weight is 1560 g/mol. The molecule has 114 heavy (non-hydrogen) atoms. The molecule has 0 aliphatic heterocycles. The van der Waals surface area contributed by atoms with E-state index in [2.05, 4.69) is 81.4 Å². The maximum Gasteiger partial charge on any atom is 0.290 e. The molecule has 12 aromatic heterocycles. The number of carbonyl (C=O) groups is 7. The van der Waals surface area contributed by atoms with Crippen LogP contribution in [0.3, 0.4) is 0 Å². The Hall–Kier alpha value is -14.2. The number of nitrogens with two attached hydrogens (primary N) is 1. The van der Waals surface area contributed by atoms with Crippen LogP contribution in [0.25, 0.3) is 67.9 Å². The first kappa shape index (κ1) is 87.0. The van der Waals surface area contributed by atoms with Gasteiger partial charge in [0.2, 0.25) is 5.91 Å². The number of nitrogen functional groups attached to an aromatic ring is 1. The van der Waals surface area contributed by atoms with Gasteiger partial charge in [-0.3, -0.25) is 67.5 Å². The zero-order valence-corrected chi connectivity index (χ0v) is 62.1. The Bertz CT molecular complexity index is 4940. The van der Waals surface area contributed by atoms with E-state index in [9.17, 15) is 23.6 Å². The summed E-state index contributed by atoms with van der Waals surface area (Å²) in [6.07, 6.45) is 16.0. The molecule has 9 N–H and O–H groups in total. The van der Waals surface area contributed by atoms with Crippen molar-refractivity contribution >= 4 is 71.7 Å². The molecule has 0 aromatic carbocycles. The third kappa shape index (κ3) is 28.3. The van der Waals surface area contributed by atoms with E-state index in [-0.39, 0.29) is 53.9 Å². The number of anilines is 5. The van der Waals surface area contributed by atoms with Gasteiger partial charge < -0.3 is 70.7 Å². The fourth-order valence-corrected chi connectivity index (χ4v) is 9.82. The molecule has 592 valence electrons. The first-order valence-electron chi connectivity index (χ1n) is 34.4. The van der Waals surface area contributed by atoms with Gasteiger partial charge in [-0.25, -0.2) is 29.3 Å². The lowest BCUT2D eigenvalue weighted by molar-refractivity contribution is -0.123. The fraction of sp³-hybridized carbons (Fsp3) is 0.208. The summed E-state index contributed by atoms with van der Waals surface area (Å²) in [7, 11) is 4.86. The van der Waals surface area contributed by atoms with E-state index in [1.807, 2.05) is 60.7 Å². The Balaban J connectivity index is 0.000000225. The number of carbonyl (C=O) groups excluding carboxylic acids is 4. The smallest absolute Gasteiger partial charge is 0.290 e. The molecule has 12 heterocycles. The highest BCUT2D eigenvalue weighted by molar-refractivity contribution is 6.06. The van der Waals surface area contributed by atoms with Crippen LogP contribution in [0, 0.1) is 5.82 Å². The lowest BCUT2D eigenvalue weighted by Crippen LogP contribution is -2.14. The summed E-state index contributed by atoms with van der Waals surface area (Å²) in [5.74, 6) is -1.07. The molecule has 4 amide bonds. The standard InChI is InChI=1S/C26H27N7O4.C24H23FN6O3.C24H25N7O3.3CH2O2/c1-18(34)29-24-10-9-19(16-28-24)20-7-5-8-22(30-20)26(35)31-23-17-33(12-13-37-15-14-36-2)32-25(23)21-6-3-4-11-27-21;1-33-13-14-34-12-11-31-16-22(23(30-31)20-5-2-3-9-27-20)29-24(32)21-7-4-6-19(28-21)17-8-10-26-15-18(17)25;1-33-13-14-34-12-11-31-16-21(23(30-31)19-5-2-3-10-26-19)29-24(32)20-7-4-6-18(28-20)17-8-9-22(25)27-15-17;3*2-1-3/h3-11,16-17H,12-15H2,1-2H3,(H,31,35)(H,28,29,34);2-10,15-16H,11-14H2,1H3,(H,29,32);2-10,15-16H,11-14H2,1H3,(H2,25,27)(H,29,32);3*1H,(H,2,3). The zero-order valence-electron chi connectivity index (χ0n) is 62.1. The number of hydrogen-bond donors (Lipinski definition) is 8. The SMILES string of the molecule is COCCOCCn1cc(NC(=O)c2cccc(-c3ccc(N)nc3)n2)c(-c2ccccn2)n1.COCCOCCn1cc(NC(=O)c2cccc(-c3ccc(NC(C)=O)nc3)n2)c(-c2ccccn2)n1.COCCOCCn1cc(NC(=O)c2cccc(-c3ccncc3F)n2)c(-c2ccccn2)n1.O=CO.O=CO.O=CO. The number of pyridine rings is 9. The van der Waals surface area contributed by atoms with Gasteiger partial charge in [-0.1, -0.05) is 36.4 Å². The van der Waals surface area contributed by atoms with Crippen molar-refractivity contribution in [2.45, 2.75) is 26.6 Å². The van der Waals surface area contributed by atoms with E-state index in [1.54, 1.807) is 158 Å². The molecule has 0 fully saturated rings. The summed E-state index contributed by atoms with van der Waals surface area (Å²) < 4.78 is 50.8. The minimum absolute atomic E-state index is 0.135. The molecule has 0 saturated heterocycles. The van der Waals surface area contributed by atoms with Gasteiger partial charge in [0.25, 0.3) is 37.1 Å². The quantitative estimate of drug-likeness (QED) is 0.0149. The Morgan fingerprint density at radius 2 is 0.789 bits per heavy atom. The van der Waals surface area contributed by atoms with Crippen molar-refractivity contribution in [3.63, 3.8) is 0 Å². The molecule has 0 atom stereocenters. The summed E-state index contributed by atoms with van der Waals surface area (Å²) in [4.78, 5) is 114. The van der Waals surface area contributed by atoms with Gasteiger partial charge in [0, 0.05) is 101 Å². The first-order chi connectivity index (χ1) is 55.6. The Morgan fingerprint density at radius 3 is 1.12 bits per heavy atom. The van der Waals surface area contributed by atoms with Crippen LogP contribution in [0.1, 0.15) is 38.4 Å². The lowest BCUT2D eigenvalue weighted by atomic mass is 10.1. The number of aromatic nitrogens is 15. The molecule has 36 nitrogen and oxygen atoms in total. The predicted octanol–water partition coefficient (Wildman–Crippen LogP) is 8.73. The predicted molar refractivity (Wildman–Crippen MR) is 415 cm³/mol. The number of nitrogens with zero attached hydrogens (tertiary/aromatic N) is 15. The molecule has 0 saturated carbocycles. The van der Waals surface area contributed by atoms with Crippen LogP contribution in [-0.2, 0) is 67.2 Å². The molecule has 37 heteroatoms. The maximum atomic E-state index is 14.1. The highest BCUT2D eigenvalue weighted by atomic mass is 19.1. The third-order valence-electron chi connectivity index (χ3n) is 14.9. The molecule has 0 aliphatic carbocycles. The highest BCUT2D eigenvalue weighted by Crippen LogP contribution is 2.30. The van der Waals surface area contributed by atoms with E-state index in [0.29, 0.717) is 165 Å². The maximum absolute atomic E-state index is 14.1. The van der Waals surface area contributed by atoms with Crippen LogP contribution in [0.5, 0.6) is 0 Å². The number of rotatable bonds is 31. The van der Waals surface area contributed by atoms with Gasteiger partial charge in [-0.15, -0.1) is 0 Å².